The van der Waals surface area contributed by atoms with Gasteiger partial charge in [0.2, 0.25) is 5.91 Å². The van der Waals surface area contributed by atoms with Crippen LogP contribution in [-0.4, -0.2) is 39.8 Å². The lowest BCUT2D eigenvalue weighted by atomic mass is 9.93. The summed E-state index contributed by atoms with van der Waals surface area (Å²) < 4.78 is 5.41. The molecule has 1 fully saturated rings. The van der Waals surface area contributed by atoms with Crippen LogP contribution in [0.5, 0.6) is 0 Å². The molecule has 0 radical (unpaired) electrons. The van der Waals surface area contributed by atoms with Crippen molar-refractivity contribution in [1.82, 2.24) is 15.2 Å². The van der Waals surface area contributed by atoms with Gasteiger partial charge in [-0.3, -0.25) is 14.5 Å². The van der Waals surface area contributed by atoms with Crippen molar-refractivity contribution in [3.8, 4) is 0 Å². The van der Waals surface area contributed by atoms with Crippen molar-refractivity contribution in [2.45, 2.75) is 32.2 Å². The maximum Gasteiger partial charge on any atom is 0.325 e. The van der Waals surface area contributed by atoms with E-state index in [9.17, 15) is 14.4 Å². The Hall–Kier alpha value is -3.68. The molecule has 1 atom stereocenters. The first kappa shape index (κ1) is 19.6. The highest BCUT2D eigenvalue weighted by Gasteiger charge is 2.47. The molecule has 3 aromatic rings. The number of oxazole rings is 1. The number of amides is 4. The minimum absolute atomic E-state index is 0.360. The minimum Gasteiger partial charge on any atom is -0.441 e. The number of hydrogen-bond donors (Lipinski definition) is 2. The zero-order valence-electron chi connectivity index (χ0n) is 16.8. The predicted molar refractivity (Wildman–Crippen MR) is 111 cm³/mol. The van der Waals surface area contributed by atoms with Gasteiger partial charge in [0.05, 0.1) is 0 Å². The molecule has 4 amide bonds. The van der Waals surface area contributed by atoms with E-state index in [2.05, 4.69) is 15.6 Å². The highest BCUT2D eigenvalue weighted by atomic mass is 16.3. The van der Waals surface area contributed by atoms with Crippen LogP contribution in [0.3, 0.4) is 0 Å². The second kappa shape index (κ2) is 7.62. The van der Waals surface area contributed by atoms with Gasteiger partial charge in [-0.05, 0) is 43.5 Å². The number of nitrogens with one attached hydrogen (secondary N) is 2. The average molecular weight is 406 g/mol. The SMILES string of the molecule is Cc1nc2cc(NC(=O)CN3C(=O)NC(C)(CCc4ccccc4)C3=O)ccc2o1. The van der Waals surface area contributed by atoms with Crippen LogP contribution in [0.15, 0.2) is 52.9 Å². The smallest absolute Gasteiger partial charge is 0.325 e. The lowest BCUT2D eigenvalue weighted by molar-refractivity contribution is -0.133. The van der Waals surface area contributed by atoms with Crippen LogP contribution in [0.2, 0.25) is 0 Å². The van der Waals surface area contributed by atoms with Crippen molar-refractivity contribution in [3.63, 3.8) is 0 Å². The van der Waals surface area contributed by atoms with Crippen LogP contribution >= 0.6 is 0 Å². The van der Waals surface area contributed by atoms with Gasteiger partial charge in [-0.15, -0.1) is 0 Å². The van der Waals surface area contributed by atoms with E-state index in [-0.39, 0.29) is 6.54 Å². The average Bonchev–Trinajstić information content (AvgIpc) is 3.18. The fraction of sp³-hybridized carbons (Fsp3) is 0.273. The van der Waals surface area contributed by atoms with Gasteiger partial charge in [0.15, 0.2) is 11.5 Å². The first-order valence-electron chi connectivity index (χ1n) is 9.69. The summed E-state index contributed by atoms with van der Waals surface area (Å²) in [6.07, 6.45) is 1.09. The minimum atomic E-state index is -1.04. The first-order valence-corrected chi connectivity index (χ1v) is 9.69. The molecule has 154 valence electrons. The molecule has 1 aromatic heterocycles. The number of urea groups is 1. The van der Waals surface area contributed by atoms with Crippen LogP contribution in [0.1, 0.15) is 24.8 Å². The molecule has 2 heterocycles. The molecular weight excluding hydrogens is 384 g/mol. The molecule has 1 aliphatic heterocycles. The quantitative estimate of drug-likeness (QED) is 0.613. The number of fused-ring (bicyclic) bond motifs is 1. The fourth-order valence-corrected chi connectivity index (χ4v) is 3.56. The molecule has 2 aromatic carbocycles. The third kappa shape index (κ3) is 3.89. The van der Waals surface area contributed by atoms with E-state index in [1.165, 1.54) is 0 Å². The van der Waals surface area contributed by atoms with Crippen LogP contribution in [0, 0.1) is 6.92 Å². The third-order valence-corrected chi connectivity index (χ3v) is 5.18. The Morgan fingerprint density at radius 2 is 1.97 bits per heavy atom. The molecule has 1 unspecified atom stereocenters. The van der Waals surface area contributed by atoms with Crippen molar-refractivity contribution < 1.29 is 18.8 Å². The standard InChI is InChI=1S/C22H22N4O4/c1-14-23-17-12-16(8-9-18(17)30-14)24-19(27)13-26-20(28)22(2,25-21(26)29)11-10-15-6-4-3-5-7-15/h3-9,12H,10-11,13H2,1-2H3,(H,24,27)(H,25,29). The molecule has 0 spiro atoms. The second-order valence-electron chi connectivity index (χ2n) is 7.60. The van der Waals surface area contributed by atoms with Crippen molar-refractivity contribution >= 4 is 34.6 Å². The number of anilines is 1. The molecule has 0 saturated carbocycles. The number of nitrogens with zero attached hydrogens (tertiary/aromatic N) is 2. The Bertz CT molecular complexity index is 1120. The van der Waals surface area contributed by atoms with E-state index in [0.29, 0.717) is 35.5 Å². The van der Waals surface area contributed by atoms with Gasteiger partial charge in [-0.2, -0.15) is 0 Å². The molecule has 8 nitrogen and oxygen atoms in total. The Morgan fingerprint density at radius 3 is 2.73 bits per heavy atom. The number of carbonyl (C=O) groups excluding carboxylic acids is 3. The maximum atomic E-state index is 12.9. The number of aromatic nitrogens is 1. The van der Waals surface area contributed by atoms with E-state index in [0.717, 1.165) is 10.5 Å². The highest BCUT2D eigenvalue weighted by molar-refractivity contribution is 6.10. The Morgan fingerprint density at radius 1 is 1.20 bits per heavy atom. The van der Waals surface area contributed by atoms with Gasteiger partial charge in [0.25, 0.3) is 5.91 Å². The lowest BCUT2D eigenvalue weighted by Crippen LogP contribution is -2.45. The predicted octanol–water partition coefficient (Wildman–Crippen LogP) is 3.02. The van der Waals surface area contributed by atoms with Gasteiger partial charge in [0.1, 0.15) is 17.6 Å². The molecule has 30 heavy (non-hydrogen) atoms. The monoisotopic (exact) mass is 406 g/mol. The molecule has 2 N–H and O–H groups in total. The molecular formula is C22H22N4O4. The van der Waals surface area contributed by atoms with Gasteiger partial charge >= 0.3 is 6.03 Å². The number of carbonyl (C=O) groups is 3. The molecule has 0 aliphatic carbocycles. The fourth-order valence-electron chi connectivity index (χ4n) is 3.56. The zero-order chi connectivity index (χ0) is 21.3. The van der Waals surface area contributed by atoms with E-state index >= 15 is 0 Å². The summed E-state index contributed by atoms with van der Waals surface area (Å²) in [5.74, 6) is -0.339. The molecule has 8 heteroatoms. The highest BCUT2D eigenvalue weighted by Crippen LogP contribution is 2.24. The number of rotatable bonds is 6. The van der Waals surface area contributed by atoms with Gasteiger partial charge in [0, 0.05) is 12.6 Å². The Balaban J connectivity index is 1.40. The van der Waals surface area contributed by atoms with Crippen LogP contribution in [0.25, 0.3) is 11.1 Å². The van der Waals surface area contributed by atoms with Crippen LogP contribution in [0.4, 0.5) is 10.5 Å². The number of hydrogen-bond acceptors (Lipinski definition) is 5. The summed E-state index contributed by atoms with van der Waals surface area (Å²) in [5, 5.41) is 5.43. The van der Waals surface area contributed by atoms with Gasteiger partial charge in [-0.25, -0.2) is 9.78 Å². The van der Waals surface area contributed by atoms with E-state index in [4.69, 9.17) is 4.42 Å². The summed E-state index contributed by atoms with van der Waals surface area (Å²) in [7, 11) is 0. The third-order valence-electron chi connectivity index (χ3n) is 5.18. The molecule has 1 saturated heterocycles. The number of aryl methyl sites for hydroxylation is 2. The maximum absolute atomic E-state index is 12.9. The second-order valence-corrected chi connectivity index (χ2v) is 7.60. The number of benzene rings is 2. The van der Waals surface area contributed by atoms with Crippen molar-refractivity contribution in [3.05, 3.63) is 60.0 Å². The first-order chi connectivity index (χ1) is 14.3. The van der Waals surface area contributed by atoms with Crippen molar-refractivity contribution in [2.75, 3.05) is 11.9 Å². The lowest BCUT2D eigenvalue weighted by Gasteiger charge is -2.21. The van der Waals surface area contributed by atoms with Gasteiger partial charge in [-0.1, -0.05) is 30.3 Å². The molecule has 4 rings (SSSR count). The zero-order valence-corrected chi connectivity index (χ0v) is 16.8. The largest absolute Gasteiger partial charge is 0.441 e. The molecule has 1 aliphatic rings. The Labute approximate surface area is 173 Å². The van der Waals surface area contributed by atoms with Crippen LogP contribution < -0.4 is 10.6 Å². The van der Waals surface area contributed by atoms with E-state index in [1.807, 2.05) is 30.3 Å². The van der Waals surface area contributed by atoms with Gasteiger partial charge < -0.3 is 15.1 Å². The number of imide groups is 1. The van der Waals surface area contributed by atoms with Crippen molar-refractivity contribution in [2.24, 2.45) is 0 Å². The summed E-state index contributed by atoms with van der Waals surface area (Å²) in [6.45, 7) is 3.07. The van der Waals surface area contributed by atoms with Crippen molar-refractivity contribution in [1.29, 1.82) is 0 Å². The molecule has 0 bridgehead atoms. The summed E-state index contributed by atoms with van der Waals surface area (Å²) in [5.41, 5.74) is 1.79. The van der Waals surface area contributed by atoms with E-state index in [1.54, 1.807) is 32.0 Å². The summed E-state index contributed by atoms with van der Waals surface area (Å²) in [4.78, 5) is 42.9. The normalized spacial score (nSPS) is 18.7. The topological polar surface area (TPSA) is 105 Å². The summed E-state index contributed by atoms with van der Waals surface area (Å²) in [6, 6.07) is 14.2. The van der Waals surface area contributed by atoms with E-state index < -0.39 is 23.4 Å². The van der Waals surface area contributed by atoms with Crippen LogP contribution in [-0.2, 0) is 16.0 Å². The summed E-state index contributed by atoms with van der Waals surface area (Å²) >= 11 is 0. The Kier molecular flexibility index (Phi) is 4.99.